The van der Waals surface area contributed by atoms with Crippen LogP contribution >= 0.6 is 11.3 Å². The van der Waals surface area contributed by atoms with Gasteiger partial charge in [0.15, 0.2) is 0 Å². The van der Waals surface area contributed by atoms with Crippen LogP contribution in [0.4, 0.5) is 34.1 Å². The lowest BCUT2D eigenvalue weighted by Gasteiger charge is -2.47. The van der Waals surface area contributed by atoms with E-state index in [0.29, 0.717) is 11.3 Å². The molecule has 0 atom stereocenters. The Bertz CT molecular complexity index is 5960. The second-order valence-electron chi connectivity index (χ2n) is 21.6. The van der Waals surface area contributed by atoms with Crippen LogP contribution in [0.2, 0.25) is 0 Å². The summed E-state index contributed by atoms with van der Waals surface area (Å²) in [6.45, 7) is 13.3. The lowest BCUT2D eigenvalue weighted by Crippen LogP contribution is -2.62. The molecule has 0 unspecified atom stereocenters. The van der Waals surface area contributed by atoms with Crippen LogP contribution in [0, 0.1) is 0 Å². The molecular formula is C66H55BN4S. The summed E-state index contributed by atoms with van der Waals surface area (Å²) in [6, 6.07) is -19.3. The third-order valence-corrected chi connectivity index (χ3v) is 14.9. The number of hydrogen-bond donors (Lipinski definition) is 0. The van der Waals surface area contributed by atoms with Crippen molar-refractivity contribution in [1.29, 1.82) is 0 Å². The van der Waals surface area contributed by atoms with Crippen molar-refractivity contribution in [2.24, 2.45) is 0 Å². The van der Waals surface area contributed by atoms with Gasteiger partial charge in [-0.1, -0.05) is 147 Å². The predicted molar refractivity (Wildman–Crippen MR) is 312 cm³/mol. The van der Waals surface area contributed by atoms with Crippen LogP contribution in [0.25, 0.3) is 75.2 Å². The van der Waals surface area contributed by atoms with Crippen molar-refractivity contribution in [2.75, 3.05) is 9.80 Å². The first-order valence-electron chi connectivity index (χ1n) is 37.5. The maximum absolute atomic E-state index is 11.2. The molecule has 0 bridgehead atoms. The van der Waals surface area contributed by atoms with E-state index >= 15 is 0 Å². The van der Waals surface area contributed by atoms with Gasteiger partial charge in [0.1, 0.15) is 0 Å². The molecule has 3 aliphatic heterocycles. The van der Waals surface area contributed by atoms with Crippen LogP contribution in [0.5, 0.6) is 0 Å². The highest BCUT2D eigenvalue weighted by Gasteiger charge is 2.47. The van der Waals surface area contributed by atoms with Gasteiger partial charge in [-0.15, -0.1) is 11.3 Å². The highest BCUT2D eigenvalue weighted by Crippen LogP contribution is 2.53. The fourth-order valence-electron chi connectivity index (χ4n) is 10.4. The second-order valence-corrected chi connectivity index (χ2v) is 22.6. The first-order valence-corrected chi connectivity index (χ1v) is 24.3. The molecule has 9 aromatic carbocycles. The molecule has 6 heterocycles. The van der Waals surface area contributed by atoms with E-state index in [-0.39, 0.29) is 104 Å². The van der Waals surface area contributed by atoms with Crippen LogP contribution in [-0.4, -0.2) is 15.8 Å². The Hall–Kier alpha value is -7.54. The Morgan fingerprint density at radius 1 is 0.389 bits per heavy atom. The molecule has 15 rings (SSSR count). The van der Waals surface area contributed by atoms with Crippen LogP contribution in [0.15, 0.2) is 169 Å². The minimum Gasteiger partial charge on any atom is -0.311 e. The Kier molecular flexibility index (Phi) is 4.49. The third-order valence-electron chi connectivity index (χ3n) is 13.9. The number of nitrogens with zero attached hydrogens (tertiary/aromatic N) is 4. The van der Waals surface area contributed by atoms with E-state index in [4.69, 9.17) is 8.22 Å². The third kappa shape index (κ3) is 5.64. The largest absolute Gasteiger partial charge is 0.311 e. The van der Waals surface area contributed by atoms with Gasteiger partial charge in [-0.3, -0.25) is 0 Å². The molecule has 72 heavy (non-hydrogen) atoms. The molecule has 0 radical (unpaired) electrons. The van der Waals surface area contributed by atoms with Crippen LogP contribution < -0.4 is 26.2 Å². The topological polar surface area (TPSA) is 16.3 Å². The fourth-order valence-corrected chi connectivity index (χ4v) is 11.4. The average molecular weight is 975 g/mol. The van der Waals surface area contributed by atoms with Crippen molar-refractivity contribution in [1.82, 2.24) is 9.13 Å². The van der Waals surface area contributed by atoms with E-state index in [1.165, 1.54) is 9.47 Å². The van der Waals surface area contributed by atoms with Gasteiger partial charge in [-0.25, -0.2) is 0 Å². The van der Waals surface area contributed by atoms with Crippen LogP contribution in [0.3, 0.4) is 0 Å². The van der Waals surface area contributed by atoms with Gasteiger partial charge in [0.2, 0.25) is 0 Å². The zero-order valence-electron chi connectivity index (χ0n) is 68.3. The van der Waals surface area contributed by atoms with Crippen LogP contribution in [-0.2, 0) is 16.2 Å². The van der Waals surface area contributed by atoms with Gasteiger partial charge in [-0.05, 0) is 134 Å². The number of thiophene rings is 1. The number of hydrogen-bond acceptors (Lipinski definition) is 3. The summed E-state index contributed by atoms with van der Waals surface area (Å²) < 4.78 is 278. The summed E-state index contributed by atoms with van der Waals surface area (Å²) in [6.07, 6.45) is 0. The number of benzene rings is 9. The standard InChI is InChI=1S/C66H55BN4S/c1-64(2,3)38-24-30-52-47(32-38)48-33-39(65(4,5)6)25-31-53(48)68(52)41-27-29-49-56(36-41)69(42-26-28-45-44-17-11-13-23-59(44)72-60(45)37-42)57-34-40(66(7,8)9)35-58-61(57)67(49)50-19-15-22-55-63(50)71(58)54-21-14-18-46-43-16-10-12-20-51(43)70(55)62(46)54/h10-37H,1-9H3/i10D,11D,12D,13D,14D,15D,16D,17D,18D,19D,20D,21D,22D,23D,24D,25D,26D,27D,28D,29D,30D,31D,32D,33D,34D,35D,36D,37D. The molecule has 0 spiro atoms. The first kappa shape index (κ1) is 22.9. The van der Waals surface area contributed by atoms with Gasteiger partial charge < -0.3 is 18.9 Å². The second kappa shape index (κ2) is 14.1. The molecule has 0 saturated heterocycles. The first-order chi connectivity index (χ1) is 46.3. The summed E-state index contributed by atoms with van der Waals surface area (Å²) in [5.41, 5.74) is -10.1. The van der Waals surface area contributed by atoms with Crippen molar-refractivity contribution in [3.63, 3.8) is 0 Å². The molecule has 0 fully saturated rings. The molecular weight excluding hydrogens is 892 g/mol. The Morgan fingerprint density at radius 3 is 1.71 bits per heavy atom. The van der Waals surface area contributed by atoms with Gasteiger partial charge in [-0.2, -0.15) is 0 Å². The Labute approximate surface area is 464 Å². The van der Waals surface area contributed by atoms with Crippen molar-refractivity contribution in [3.05, 3.63) is 186 Å². The molecule has 0 amide bonds. The molecule has 12 aromatic rings. The van der Waals surface area contributed by atoms with Gasteiger partial charge in [0.25, 0.3) is 6.71 Å². The normalized spacial score (nSPS) is 19.5. The molecule has 6 heteroatoms. The lowest BCUT2D eigenvalue weighted by atomic mass is 9.33. The van der Waals surface area contributed by atoms with E-state index in [1.54, 1.807) is 62.3 Å². The van der Waals surface area contributed by atoms with Gasteiger partial charge in [0.05, 0.1) is 77.5 Å². The minimum absolute atomic E-state index is 0.0411. The maximum Gasteiger partial charge on any atom is 0.252 e. The van der Waals surface area contributed by atoms with E-state index < -0.39 is 230 Å². The van der Waals surface area contributed by atoms with E-state index in [9.17, 15) is 30.2 Å². The van der Waals surface area contributed by atoms with Crippen LogP contribution in [0.1, 0.15) is 117 Å². The van der Waals surface area contributed by atoms with Gasteiger partial charge in [0, 0.05) is 70.2 Å². The summed E-state index contributed by atoms with van der Waals surface area (Å²) in [4.78, 5) is 2.28. The highest BCUT2D eigenvalue weighted by molar-refractivity contribution is 7.25. The number of para-hydroxylation sites is 3. The molecule has 4 nitrogen and oxygen atoms in total. The lowest BCUT2D eigenvalue weighted by molar-refractivity contribution is 0.590. The molecule has 3 aromatic heterocycles. The Morgan fingerprint density at radius 2 is 0.986 bits per heavy atom. The molecule has 348 valence electrons. The Balaban J connectivity index is 1.24. The highest BCUT2D eigenvalue weighted by atomic mass is 32.1. The van der Waals surface area contributed by atoms with Crippen molar-refractivity contribution in [2.45, 2.75) is 78.6 Å². The maximum atomic E-state index is 11.2. The summed E-state index contributed by atoms with van der Waals surface area (Å²) >= 11 is 0.672. The average Bonchev–Trinajstić information content (AvgIpc) is 1.10. The summed E-state index contributed by atoms with van der Waals surface area (Å²) in [5.74, 6) is 0. The number of anilines is 6. The summed E-state index contributed by atoms with van der Waals surface area (Å²) in [7, 11) is 0. The molecule has 3 aliphatic rings. The quantitative estimate of drug-likeness (QED) is 0.161. The monoisotopic (exact) mass is 975 g/mol. The summed E-state index contributed by atoms with van der Waals surface area (Å²) in [5, 5.41) is -1.48. The van der Waals surface area contributed by atoms with E-state index in [1.807, 2.05) is 0 Å². The molecule has 0 aliphatic carbocycles. The SMILES string of the molecule is [2H]c1c([2H])c2c3c(c1[2H])-n1c4c([2H])c([2H])c([2H])c([2H])c4c4c([2H])c([2H])c([2H])c(c41)N3c1c([2H])c(C(C)(C)C)c([2H])c3c1B2c1c([2H])c([2H])c(-n2c4c([2H])c([2H])c(C(C)(C)C)c([2H])c4c4c([2H])c(C(C)(C)C)c([2H])c([2H])c42)c([2H])c1N3c1c([2H])c([2H])c2c(sc3c([2H])c([2H])c([2H])c([2H])c32)c1[2H]. The number of rotatable bonds is 2. The van der Waals surface area contributed by atoms with Crippen molar-refractivity contribution in [3.8, 4) is 11.4 Å². The van der Waals surface area contributed by atoms with E-state index in [0.717, 1.165) is 9.47 Å². The smallest absolute Gasteiger partial charge is 0.252 e. The predicted octanol–water partition coefficient (Wildman–Crippen LogP) is 16.5. The minimum atomic E-state index is -1.93. The molecule has 0 N–H and O–H groups in total. The number of aromatic nitrogens is 2. The van der Waals surface area contributed by atoms with Crippen molar-refractivity contribution >= 4 is 132 Å². The van der Waals surface area contributed by atoms with E-state index in [2.05, 4.69) is 0 Å². The van der Waals surface area contributed by atoms with Gasteiger partial charge >= 0.3 is 0 Å². The number of fused-ring (bicyclic) bond motifs is 15. The van der Waals surface area contributed by atoms with Crippen molar-refractivity contribution < 1.29 is 38.4 Å². The fraction of sp³-hybridized carbons (Fsp3) is 0.182. The zero-order valence-corrected chi connectivity index (χ0v) is 41.1. The molecule has 0 saturated carbocycles. The zero-order chi connectivity index (χ0) is 73.3.